The molecule has 2 fully saturated rings. The van der Waals surface area contributed by atoms with Gasteiger partial charge in [0.2, 0.25) is 5.91 Å². The topological polar surface area (TPSA) is 64.0 Å². The van der Waals surface area contributed by atoms with Crippen molar-refractivity contribution >= 4 is 5.91 Å². The van der Waals surface area contributed by atoms with Gasteiger partial charge in [-0.15, -0.1) is 0 Å². The summed E-state index contributed by atoms with van der Waals surface area (Å²) in [7, 11) is 0. The molecule has 0 aromatic carbocycles. The lowest BCUT2D eigenvalue weighted by Crippen LogP contribution is -2.58. The molecule has 0 saturated carbocycles. The number of carbonyl (C=O) groups excluding carboxylic acids is 1. The van der Waals surface area contributed by atoms with Gasteiger partial charge in [-0.05, 0) is 50.9 Å². The van der Waals surface area contributed by atoms with E-state index < -0.39 is 0 Å². The van der Waals surface area contributed by atoms with E-state index in [-0.39, 0.29) is 19.3 Å². The third-order valence-corrected chi connectivity index (χ3v) is 6.17. The highest BCUT2D eigenvalue weighted by molar-refractivity contribution is 5.77. The smallest absolute Gasteiger partial charge is 0.222 e. The second kappa shape index (κ2) is 8.45. The molecule has 0 spiro atoms. The van der Waals surface area contributed by atoms with Crippen molar-refractivity contribution in [2.75, 3.05) is 32.8 Å². The van der Waals surface area contributed by atoms with Gasteiger partial charge in [-0.2, -0.15) is 0 Å². The molecule has 2 aliphatic heterocycles. The molecule has 1 aliphatic carbocycles. The minimum atomic E-state index is -0.149. The molecule has 5 heteroatoms. The number of fused-ring (bicyclic) bond motifs is 1. The molecule has 0 unspecified atom stereocenters. The van der Waals surface area contributed by atoms with Crippen LogP contribution < -0.4 is 0 Å². The quantitative estimate of drug-likeness (QED) is 0.722. The Balaban J connectivity index is 1.59. The number of aliphatic hydroxyl groups is 2. The van der Waals surface area contributed by atoms with Gasteiger partial charge in [0.05, 0.1) is 19.3 Å². The SMILES string of the molecule is O=C1CC[C@H]2CN(C(CO)CO)CC[C@H]2N1CCC1=CCCCC1. The number of rotatable bonds is 6. The molecule has 0 aromatic rings. The van der Waals surface area contributed by atoms with Gasteiger partial charge in [0.1, 0.15) is 0 Å². The first-order valence-corrected chi connectivity index (χ1v) is 9.66. The number of carbonyl (C=O) groups is 1. The average molecular weight is 336 g/mol. The Labute approximate surface area is 145 Å². The molecule has 2 heterocycles. The van der Waals surface area contributed by atoms with Gasteiger partial charge in [-0.25, -0.2) is 0 Å². The van der Waals surface area contributed by atoms with Gasteiger partial charge in [-0.1, -0.05) is 11.6 Å². The summed E-state index contributed by atoms with van der Waals surface area (Å²) in [5.74, 6) is 0.805. The third-order valence-electron chi connectivity index (χ3n) is 6.17. The maximum atomic E-state index is 12.5. The first-order valence-electron chi connectivity index (χ1n) is 9.66. The van der Waals surface area contributed by atoms with Gasteiger partial charge in [0, 0.05) is 32.1 Å². The number of amides is 1. The van der Waals surface area contributed by atoms with Crippen LogP contribution in [0.2, 0.25) is 0 Å². The number of allylic oxidation sites excluding steroid dienone is 1. The molecule has 0 radical (unpaired) electrons. The van der Waals surface area contributed by atoms with E-state index in [0.717, 1.165) is 38.9 Å². The van der Waals surface area contributed by atoms with Gasteiger partial charge in [-0.3, -0.25) is 9.69 Å². The molecule has 24 heavy (non-hydrogen) atoms. The fourth-order valence-electron chi connectivity index (χ4n) is 4.69. The van der Waals surface area contributed by atoms with E-state index in [9.17, 15) is 15.0 Å². The van der Waals surface area contributed by atoms with Crippen molar-refractivity contribution in [3.63, 3.8) is 0 Å². The zero-order valence-electron chi connectivity index (χ0n) is 14.7. The Hall–Kier alpha value is -0.910. The van der Waals surface area contributed by atoms with Crippen LogP contribution in [0.25, 0.3) is 0 Å². The minimum Gasteiger partial charge on any atom is -0.395 e. The van der Waals surface area contributed by atoms with Crippen LogP contribution in [0.5, 0.6) is 0 Å². The number of hydrogen-bond donors (Lipinski definition) is 2. The van der Waals surface area contributed by atoms with E-state index in [0.29, 0.717) is 24.3 Å². The first kappa shape index (κ1) is 17.9. The number of piperidine rings is 2. The van der Waals surface area contributed by atoms with Gasteiger partial charge in [0.15, 0.2) is 0 Å². The summed E-state index contributed by atoms with van der Waals surface area (Å²) in [5.41, 5.74) is 1.54. The number of aliphatic hydroxyl groups excluding tert-OH is 2. The van der Waals surface area contributed by atoms with Crippen molar-refractivity contribution < 1.29 is 15.0 Å². The van der Waals surface area contributed by atoms with E-state index in [1.54, 1.807) is 0 Å². The molecular weight excluding hydrogens is 304 g/mol. The summed E-state index contributed by atoms with van der Waals surface area (Å²) < 4.78 is 0. The molecule has 136 valence electrons. The minimum absolute atomic E-state index is 0.00465. The Bertz CT molecular complexity index is 462. The van der Waals surface area contributed by atoms with E-state index in [1.807, 2.05) is 0 Å². The van der Waals surface area contributed by atoms with Crippen LogP contribution in [0.4, 0.5) is 0 Å². The van der Waals surface area contributed by atoms with Crippen LogP contribution in [0, 0.1) is 5.92 Å². The van der Waals surface area contributed by atoms with Crippen molar-refractivity contribution in [1.29, 1.82) is 0 Å². The van der Waals surface area contributed by atoms with Crippen LogP contribution in [0.15, 0.2) is 11.6 Å². The Kier molecular flexibility index (Phi) is 6.31. The summed E-state index contributed by atoms with van der Waals surface area (Å²) in [5, 5.41) is 18.8. The average Bonchev–Trinajstić information content (AvgIpc) is 2.63. The van der Waals surface area contributed by atoms with Crippen LogP contribution in [-0.2, 0) is 4.79 Å². The molecule has 1 amide bonds. The predicted octanol–water partition coefficient (Wildman–Crippen LogP) is 1.54. The fraction of sp³-hybridized carbons (Fsp3) is 0.842. The molecule has 2 atom stereocenters. The second-order valence-electron chi connectivity index (χ2n) is 7.61. The summed E-state index contributed by atoms with van der Waals surface area (Å²) >= 11 is 0. The Morgan fingerprint density at radius 1 is 1.17 bits per heavy atom. The Morgan fingerprint density at radius 3 is 2.71 bits per heavy atom. The lowest BCUT2D eigenvalue weighted by Gasteiger charge is -2.48. The maximum Gasteiger partial charge on any atom is 0.222 e. The Morgan fingerprint density at radius 2 is 2.00 bits per heavy atom. The lowest BCUT2D eigenvalue weighted by atomic mass is 9.82. The zero-order chi connectivity index (χ0) is 16.9. The molecule has 2 saturated heterocycles. The largest absolute Gasteiger partial charge is 0.395 e. The predicted molar refractivity (Wildman–Crippen MR) is 93.5 cm³/mol. The fourth-order valence-corrected chi connectivity index (χ4v) is 4.69. The summed E-state index contributed by atoms with van der Waals surface area (Å²) in [6, 6.07) is 0.203. The summed E-state index contributed by atoms with van der Waals surface area (Å²) in [6.45, 7) is 2.63. The number of hydrogen-bond acceptors (Lipinski definition) is 4. The summed E-state index contributed by atoms with van der Waals surface area (Å²) in [6.07, 6.45) is 11.0. The molecule has 3 rings (SSSR count). The number of likely N-dealkylation sites (tertiary alicyclic amines) is 2. The molecule has 0 bridgehead atoms. The lowest BCUT2D eigenvalue weighted by molar-refractivity contribution is -0.141. The second-order valence-corrected chi connectivity index (χ2v) is 7.61. The molecule has 5 nitrogen and oxygen atoms in total. The van der Waals surface area contributed by atoms with E-state index >= 15 is 0 Å². The molecule has 3 aliphatic rings. The highest BCUT2D eigenvalue weighted by Gasteiger charge is 2.40. The van der Waals surface area contributed by atoms with Gasteiger partial charge >= 0.3 is 0 Å². The highest BCUT2D eigenvalue weighted by Crippen LogP contribution is 2.33. The van der Waals surface area contributed by atoms with Crippen molar-refractivity contribution in [1.82, 2.24) is 9.80 Å². The highest BCUT2D eigenvalue weighted by atomic mass is 16.3. The van der Waals surface area contributed by atoms with Gasteiger partial charge in [0.25, 0.3) is 0 Å². The van der Waals surface area contributed by atoms with Crippen LogP contribution in [0.1, 0.15) is 51.4 Å². The van der Waals surface area contributed by atoms with E-state index in [2.05, 4.69) is 15.9 Å². The summed E-state index contributed by atoms with van der Waals surface area (Å²) in [4.78, 5) is 16.8. The van der Waals surface area contributed by atoms with Crippen molar-refractivity contribution in [2.24, 2.45) is 5.92 Å². The van der Waals surface area contributed by atoms with Crippen LogP contribution in [-0.4, -0.2) is 70.9 Å². The van der Waals surface area contributed by atoms with Gasteiger partial charge < -0.3 is 15.1 Å². The van der Waals surface area contributed by atoms with Crippen molar-refractivity contribution in [2.45, 2.75) is 63.5 Å². The monoisotopic (exact) mass is 336 g/mol. The first-order chi connectivity index (χ1) is 11.7. The number of nitrogens with zero attached hydrogens (tertiary/aromatic N) is 2. The maximum absolute atomic E-state index is 12.5. The molecule has 2 N–H and O–H groups in total. The van der Waals surface area contributed by atoms with E-state index in [4.69, 9.17) is 0 Å². The van der Waals surface area contributed by atoms with E-state index in [1.165, 1.54) is 31.3 Å². The van der Waals surface area contributed by atoms with Crippen molar-refractivity contribution in [3.05, 3.63) is 11.6 Å². The van der Waals surface area contributed by atoms with Crippen LogP contribution >= 0.6 is 0 Å². The normalized spacial score (nSPS) is 28.9. The third kappa shape index (κ3) is 4.01. The standard InChI is InChI=1S/C19H32N2O3/c22-13-17(14-23)20-10-9-18-16(12-20)6-7-19(24)21(18)11-8-15-4-2-1-3-5-15/h4,16-18,22-23H,1-3,5-14H2/t16-,18+/m0/s1. The van der Waals surface area contributed by atoms with Crippen molar-refractivity contribution in [3.8, 4) is 0 Å². The molecular formula is C19H32N2O3. The van der Waals surface area contributed by atoms with Crippen LogP contribution in [0.3, 0.4) is 0 Å². The molecule has 0 aromatic heterocycles. The zero-order valence-corrected chi connectivity index (χ0v) is 14.7.